The molecule has 1 fully saturated rings. The molecular weight excluding hydrogens is 166 g/mol. The average molecular weight is 177 g/mol. The van der Waals surface area contributed by atoms with Gasteiger partial charge in [-0.1, -0.05) is 0 Å². The lowest BCUT2D eigenvalue weighted by Gasteiger charge is -1.99. The van der Waals surface area contributed by atoms with E-state index in [-0.39, 0.29) is 5.41 Å². The number of methoxy groups -OCH3 is 1. The average Bonchev–Trinajstić information content (AvgIpc) is 2.82. The van der Waals surface area contributed by atoms with Crippen LogP contribution in [0.5, 0.6) is 0 Å². The molecule has 0 aromatic carbocycles. The van der Waals surface area contributed by atoms with Gasteiger partial charge in [0.25, 0.3) is 0 Å². The van der Waals surface area contributed by atoms with E-state index in [9.17, 15) is 0 Å². The second-order valence-electron chi connectivity index (χ2n) is 3.39. The third-order valence-electron chi connectivity index (χ3n) is 2.38. The second kappa shape index (κ2) is 2.90. The minimum absolute atomic E-state index is 0.314. The second-order valence-corrected chi connectivity index (χ2v) is 3.39. The molecule has 0 radical (unpaired) electrons. The molecule has 0 saturated heterocycles. The lowest BCUT2D eigenvalue weighted by Crippen LogP contribution is -1.99. The van der Waals surface area contributed by atoms with Crippen molar-refractivity contribution in [1.82, 2.24) is 0 Å². The van der Waals surface area contributed by atoms with Gasteiger partial charge in [-0.25, -0.2) is 0 Å². The summed E-state index contributed by atoms with van der Waals surface area (Å²) in [6.07, 6.45) is 1.84. The fourth-order valence-corrected chi connectivity index (χ4v) is 1.39. The molecule has 0 atom stereocenters. The van der Waals surface area contributed by atoms with Gasteiger partial charge in [-0.2, -0.15) is 5.26 Å². The SMILES string of the molecule is COCc1ccc(C2(C#N)CC2)o1. The smallest absolute Gasteiger partial charge is 0.129 e. The van der Waals surface area contributed by atoms with Crippen LogP contribution in [0.1, 0.15) is 24.4 Å². The lowest BCUT2D eigenvalue weighted by molar-refractivity contribution is 0.162. The fourth-order valence-electron chi connectivity index (χ4n) is 1.39. The molecule has 13 heavy (non-hydrogen) atoms. The molecule has 3 heteroatoms. The molecule has 0 amide bonds. The number of rotatable bonds is 3. The highest BCUT2D eigenvalue weighted by Crippen LogP contribution is 2.47. The van der Waals surface area contributed by atoms with Crippen molar-refractivity contribution in [2.75, 3.05) is 7.11 Å². The summed E-state index contributed by atoms with van der Waals surface area (Å²) < 4.78 is 10.4. The molecule has 1 saturated carbocycles. The summed E-state index contributed by atoms with van der Waals surface area (Å²) in [6, 6.07) is 6.04. The van der Waals surface area contributed by atoms with Crippen molar-refractivity contribution in [2.45, 2.75) is 24.9 Å². The van der Waals surface area contributed by atoms with Crippen molar-refractivity contribution < 1.29 is 9.15 Å². The Morgan fingerprint density at radius 1 is 1.62 bits per heavy atom. The Kier molecular flexibility index (Phi) is 1.86. The first-order valence-corrected chi connectivity index (χ1v) is 4.30. The molecule has 1 aromatic rings. The largest absolute Gasteiger partial charge is 0.462 e. The molecular formula is C10H11NO2. The maximum atomic E-state index is 8.91. The van der Waals surface area contributed by atoms with E-state index >= 15 is 0 Å². The first kappa shape index (κ1) is 8.33. The first-order chi connectivity index (χ1) is 6.30. The highest BCUT2D eigenvalue weighted by molar-refractivity contribution is 5.32. The van der Waals surface area contributed by atoms with Gasteiger partial charge in [-0.3, -0.25) is 0 Å². The van der Waals surface area contributed by atoms with Crippen LogP contribution >= 0.6 is 0 Å². The minimum Gasteiger partial charge on any atom is -0.462 e. The van der Waals surface area contributed by atoms with Crippen molar-refractivity contribution in [3.63, 3.8) is 0 Å². The van der Waals surface area contributed by atoms with Gasteiger partial charge in [-0.05, 0) is 25.0 Å². The summed E-state index contributed by atoms with van der Waals surface area (Å²) in [5.74, 6) is 1.58. The predicted octanol–water partition coefficient (Wildman–Crippen LogP) is 1.98. The molecule has 1 aliphatic rings. The van der Waals surface area contributed by atoms with E-state index in [1.165, 1.54) is 0 Å². The third kappa shape index (κ3) is 1.34. The van der Waals surface area contributed by atoms with Crippen LogP contribution in [0.3, 0.4) is 0 Å². The van der Waals surface area contributed by atoms with Gasteiger partial charge in [0.05, 0.1) is 6.07 Å². The summed E-state index contributed by atoms with van der Waals surface area (Å²) in [7, 11) is 1.62. The Bertz CT molecular complexity index is 344. The van der Waals surface area contributed by atoms with Gasteiger partial charge >= 0.3 is 0 Å². The Labute approximate surface area is 76.9 Å². The molecule has 0 spiro atoms. The van der Waals surface area contributed by atoms with Crippen LogP contribution < -0.4 is 0 Å². The molecule has 1 aliphatic carbocycles. The standard InChI is InChI=1S/C10H11NO2/c1-12-6-8-2-3-9(13-8)10(7-11)4-5-10/h2-3H,4-6H2,1H3. The Morgan fingerprint density at radius 2 is 2.38 bits per heavy atom. The number of furan rings is 1. The van der Waals surface area contributed by atoms with E-state index in [0.29, 0.717) is 6.61 Å². The monoisotopic (exact) mass is 177 g/mol. The van der Waals surface area contributed by atoms with Crippen LogP contribution in [0.4, 0.5) is 0 Å². The van der Waals surface area contributed by atoms with E-state index in [1.54, 1.807) is 7.11 Å². The van der Waals surface area contributed by atoms with E-state index in [2.05, 4.69) is 6.07 Å². The van der Waals surface area contributed by atoms with Crippen molar-refractivity contribution in [1.29, 1.82) is 5.26 Å². The van der Waals surface area contributed by atoms with Crippen molar-refractivity contribution >= 4 is 0 Å². The number of ether oxygens (including phenoxy) is 1. The molecule has 0 aliphatic heterocycles. The number of hydrogen-bond donors (Lipinski definition) is 0. The van der Waals surface area contributed by atoms with Crippen LogP contribution in [0.15, 0.2) is 16.5 Å². The van der Waals surface area contributed by atoms with Gasteiger partial charge in [0.15, 0.2) is 0 Å². The van der Waals surface area contributed by atoms with E-state index in [4.69, 9.17) is 14.4 Å². The lowest BCUT2D eigenvalue weighted by atomic mass is 10.1. The molecule has 2 rings (SSSR count). The normalized spacial score (nSPS) is 18.2. The third-order valence-corrected chi connectivity index (χ3v) is 2.38. The summed E-state index contributed by atoms with van der Waals surface area (Å²) in [6.45, 7) is 0.474. The van der Waals surface area contributed by atoms with Crippen LogP contribution in [-0.4, -0.2) is 7.11 Å². The zero-order chi connectivity index (χ0) is 9.31. The highest BCUT2D eigenvalue weighted by Gasteiger charge is 2.47. The molecule has 3 nitrogen and oxygen atoms in total. The topological polar surface area (TPSA) is 46.2 Å². The first-order valence-electron chi connectivity index (χ1n) is 4.30. The van der Waals surface area contributed by atoms with Crippen LogP contribution in [0.25, 0.3) is 0 Å². The molecule has 68 valence electrons. The molecule has 1 aromatic heterocycles. The zero-order valence-electron chi connectivity index (χ0n) is 7.54. The summed E-state index contributed by atoms with van der Waals surface area (Å²) >= 11 is 0. The Hall–Kier alpha value is -1.27. The Morgan fingerprint density at radius 3 is 2.92 bits per heavy atom. The minimum atomic E-state index is -0.314. The predicted molar refractivity (Wildman–Crippen MR) is 45.9 cm³/mol. The maximum absolute atomic E-state index is 8.91. The van der Waals surface area contributed by atoms with Crippen molar-refractivity contribution in [3.8, 4) is 6.07 Å². The Balaban J connectivity index is 2.19. The van der Waals surface area contributed by atoms with Gasteiger partial charge in [0.2, 0.25) is 0 Å². The quantitative estimate of drug-likeness (QED) is 0.709. The maximum Gasteiger partial charge on any atom is 0.129 e. The van der Waals surface area contributed by atoms with Gasteiger partial charge < -0.3 is 9.15 Å². The van der Waals surface area contributed by atoms with Crippen LogP contribution in [0.2, 0.25) is 0 Å². The van der Waals surface area contributed by atoms with Crippen LogP contribution in [0, 0.1) is 11.3 Å². The van der Waals surface area contributed by atoms with Gasteiger partial charge in [0, 0.05) is 7.11 Å². The zero-order valence-corrected chi connectivity index (χ0v) is 7.54. The number of hydrogen-bond acceptors (Lipinski definition) is 3. The summed E-state index contributed by atoms with van der Waals surface area (Å²) in [5, 5.41) is 8.91. The van der Waals surface area contributed by atoms with Crippen molar-refractivity contribution in [3.05, 3.63) is 23.7 Å². The number of nitrogens with zero attached hydrogens (tertiary/aromatic N) is 1. The van der Waals surface area contributed by atoms with E-state index in [0.717, 1.165) is 24.4 Å². The van der Waals surface area contributed by atoms with Crippen molar-refractivity contribution in [2.24, 2.45) is 0 Å². The molecule has 0 N–H and O–H groups in total. The fraction of sp³-hybridized carbons (Fsp3) is 0.500. The van der Waals surface area contributed by atoms with Gasteiger partial charge in [0.1, 0.15) is 23.5 Å². The van der Waals surface area contributed by atoms with Gasteiger partial charge in [-0.15, -0.1) is 0 Å². The molecule has 1 heterocycles. The number of nitriles is 1. The van der Waals surface area contributed by atoms with E-state index < -0.39 is 0 Å². The van der Waals surface area contributed by atoms with Crippen LogP contribution in [-0.2, 0) is 16.8 Å². The highest BCUT2D eigenvalue weighted by atomic mass is 16.5. The summed E-state index contributed by atoms with van der Waals surface area (Å²) in [4.78, 5) is 0. The molecule has 0 bridgehead atoms. The van der Waals surface area contributed by atoms with E-state index in [1.807, 2.05) is 12.1 Å². The summed E-state index contributed by atoms with van der Waals surface area (Å²) in [5.41, 5.74) is -0.314. The molecule has 0 unspecified atom stereocenters.